The van der Waals surface area contributed by atoms with Crippen LogP contribution < -0.4 is 10.1 Å². The van der Waals surface area contributed by atoms with Crippen molar-refractivity contribution in [2.45, 2.75) is 19.9 Å². The average molecular weight is 404 g/mol. The van der Waals surface area contributed by atoms with Crippen LogP contribution in [-0.4, -0.2) is 36.8 Å². The number of phenols is 1. The van der Waals surface area contributed by atoms with Crippen LogP contribution >= 0.6 is 0 Å². The van der Waals surface area contributed by atoms with Crippen LogP contribution in [0.25, 0.3) is 11.4 Å². The maximum Gasteiger partial charge on any atom is 0.321 e. The summed E-state index contributed by atoms with van der Waals surface area (Å²) in [6.07, 6.45) is 0.469. The van der Waals surface area contributed by atoms with Gasteiger partial charge in [-0.3, -0.25) is 0 Å². The summed E-state index contributed by atoms with van der Waals surface area (Å²) in [5.74, 6) is 2.03. The van der Waals surface area contributed by atoms with Gasteiger partial charge in [-0.15, -0.1) is 0 Å². The fraction of sp³-hybridized carbons (Fsp3) is 0.190. The minimum atomic E-state index is 0.209. The monoisotopic (exact) mass is 404 g/mol. The SMILES string of the molecule is CCOc1nc(Cc2ccc(O)cc2)nc(NCc2nc(-c3ccccc3)no2)n1. The lowest BCUT2D eigenvalue weighted by atomic mass is 10.1. The first kappa shape index (κ1) is 19.3. The van der Waals surface area contributed by atoms with Gasteiger partial charge in [0.1, 0.15) is 11.6 Å². The van der Waals surface area contributed by atoms with Crippen molar-refractivity contribution in [1.82, 2.24) is 25.1 Å². The van der Waals surface area contributed by atoms with Crippen LogP contribution in [0.15, 0.2) is 59.1 Å². The average Bonchev–Trinajstić information content (AvgIpc) is 3.24. The number of hydrogen-bond donors (Lipinski definition) is 2. The van der Waals surface area contributed by atoms with Crippen LogP contribution in [0.3, 0.4) is 0 Å². The van der Waals surface area contributed by atoms with E-state index >= 15 is 0 Å². The highest BCUT2D eigenvalue weighted by Gasteiger charge is 2.11. The van der Waals surface area contributed by atoms with Crippen molar-refractivity contribution in [2.75, 3.05) is 11.9 Å². The van der Waals surface area contributed by atoms with E-state index in [9.17, 15) is 5.11 Å². The van der Waals surface area contributed by atoms with Crippen LogP contribution in [0.2, 0.25) is 0 Å². The number of hydrogen-bond acceptors (Lipinski definition) is 9. The fourth-order valence-corrected chi connectivity index (χ4v) is 2.73. The molecule has 2 aromatic heterocycles. The summed E-state index contributed by atoms with van der Waals surface area (Å²) in [6.45, 7) is 2.56. The normalized spacial score (nSPS) is 10.7. The Kier molecular flexibility index (Phi) is 5.79. The molecular weight excluding hydrogens is 384 g/mol. The van der Waals surface area contributed by atoms with Crippen molar-refractivity contribution in [2.24, 2.45) is 0 Å². The van der Waals surface area contributed by atoms with Gasteiger partial charge in [-0.2, -0.15) is 19.9 Å². The topological polar surface area (TPSA) is 119 Å². The van der Waals surface area contributed by atoms with Crippen LogP contribution in [0.1, 0.15) is 24.2 Å². The number of aromatic nitrogens is 5. The molecule has 4 aromatic rings. The fourth-order valence-electron chi connectivity index (χ4n) is 2.73. The third-order valence-corrected chi connectivity index (χ3v) is 4.13. The molecule has 2 N–H and O–H groups in total. The Bertz CT molecular complexity index is 1100. The molecule has 0 spiro atoms. The lowest BCUT2D eigenvalue weighted by Crippen LogP contribution is -2.10. The standard InChI is InChI=1S/C21H20N6O3/c1-2-29-21-24-17(12-14-8-10-16(28)11-9-14)23-20(26-21)22-13-18-25-19(27-30-18)15-6-4-3-5-7-15/h3-11,28H,2,12-13H2,1H3,(H,22,23,24,26). The van der Waals surface area contributed by atoms with E-state index in [1.54, 1.807) is 12.1 Å². The predicted molar refractivity (Wildman–Crippen MR) is 109 cm³/mol. The van der Waals surface area contributed by atoms with Gasteiger partial charge in [-0.05, 0) is 24.6 Å². The van der Waals surface area contributed by atoms with Crippen LogP contribution in [0.4, 0.5) is 5.95 Å². The molecule has 0 bridgehead atoms. The number of anilines is 1. The molecule has 30 heavy (non-hydrogen) atoms. The third kappa shape index (κ3) is 4.88. The molecule has 4 rings (SSSR count). The first-order chi connectivity index (χ1) is 14.7. The second-order valence-corrected chi connectivity index (χ2v) is 6.37. The number of ether oxygens (including phenoxy) is 1. The summed E-state index contributed by atoms with van der Waals surface area (Å²) in [6, 6.07) is 16.7. The van der Waals surface area contributed by atoms with E-state index in [1.807, 2.05) is 49.4 Å². The summed E-state index contributed by atoms with van der Waals surface area (Å²) in [5.41, 5.74) is 1.83. The highest BCUT2D eigenvalue weighted by Crippen LogP contribution is 2.17. The van der Waals surface area contributed by atoms with Crippen LogP contribution in [-0.2, 0) is 13.0 Å². The largest absolute Gasteiger partial charge is 0.508 e. The zero-order valence-corrected chi connectivity index (χ0v) is 16.3. The number of nitrogens with zero attached hydrogens (tertiary/aromatic N) is 5. The Morgan fingerprint density at radius 2 is 1.77 bits per heavy atom. The third-order valence-electron chi connectivity index (χ3n) is 4.13. The number of benzene rings is 2. The van der Waals surface area contributed by atoms with Crippen molar-refractivity contribution < 1.29 is 14.4 Å². The van der Waals surface area contributed by atoms with E-state index in [1.165, 1.54) is 0 Å². The number of phenolic OH excluding ortho intramolecular Hbond substituents is 1. The minimum Gasteiger partial charge on any atom is -0.508 e. The number of rotatable bonds is 8. The Morgan fingerprint density at radius 3 is 2.53 bits per heavy atom. The summed E-state index contributed by atoms with van der Waals surface area (Å²) >= 11 is 0. The molecule has 2 heterocycles. The van der Waals surface area contributed by atoms with Crippen molar-refractivity contribution in [3.63, 3.8) is 0 Å². The van der Waals surface area contributed by atoms with Gasteiger partial charge in [-0.25, -0.2) is 0 Å². The van der Waals surface area contributed by atoms with Crippen LogP contribution in [0, 0.1) is 0 Å². The van der Waals surface area contributed by atoms with Crippen molar-refractivity contribution >= 4 is 5.95 Å². The Hall–Kier alpha value is -4.01. The maximum atomic E-state index is 9.44. The molecule has 0 radical (unpaired) electrons. The molecule has 9 heteroatoms. The van der Waals surface area contributed by atoms with Crippen molar-refractivity contribution in [1.29, 1.82) is 0 Å². The summed E-state index contributed by atoms with van der Waals surface area (Å²) in [5, 5.41) is 16.5. The first-order valence-corrected chi connectivity index (χ1v) is 9.47. The zero-order valence-electron chi connectivity index (χ0n) is 16.3. The molecule has 0 amide bonds. The molecule has 9 nitrogen and oxygen atoms in total. The second kappa shape index (κ2) is 8.99. The van der Waals surface area contributed by atoms with Gasteiger partial charge in [0, 0.05) is 12.0 Å². The van der Waals surface area contributed by atoms with E-state index in [0.717, 1.165) is 11.1 Å². The quantitative estimate of drug-likeness (QED) is 0.456. The lowest BCUT2D eigenvalue weighted by molar-refractivity contribution is 0.310. The Labute approximate surface area is 172 Å². The van der Waals surface area contributed by atoms with Gasteiger partial charge in [0.2, 0.25) is 17.7 Å². The van der Waals surface area contributed by atoms with Gasteiger partial charge in [-0.1, -0.05) is 47.6 Å². The van der Waals surface area contributed by atoms with Gasteiger partial charge in [0.05, 0.1) is 13.2 Å². The van der Waals surface area contributed by atoms with E-state index in [0.29, 0.717) is 36.5 Å². The lowest BCUT2D eigenvalue weighted by Gasteiger charge is -2.08. The second-order valence-electron chi connectivity index (χ2n) is 6.37. The number of nitrogens with one attached hydrogen (secondary N) is 1. The summed E-state index contributed by atoms with van der Waals surface area (Å²) < 4.78 is 10.8. The maximum absolute atomic E-state index is 9.44. The van der Waals surface area contributed by atoms with E-state index in [-0.39, 0.29) is 18.3 Å². The van der Waals surface area contributed by atoms with Gasteiger partial charge in [0.25, 0.3) is 0 Å². The van der Waals surface area contributed by atoms with Crippen molar-refractivity contribution in [3.8, 4) is 23.1 Å². The summed E-state index contributed by atoms with van der Waals surface area (Å²) in [7, 11) is 0. The molecule has 0 saturated carbocycles. The molecule has 0 aliphatic rings. The molecular formula is C21H20N6O3. The highest BCUT2D eigenvalue weighted by molar-refractivity contribution is 5.53. The first-order valence-electron chi connectivity index (χ1n) is 9.47. The van der Waals surface area contributed by atoms with Gasteiger partial charge >= 0.3 is 6.01 Å². The molecule has 2 aromatic carbocycles. The van der Waals surface area contributed by atoms with Gasteiger partial charge < -0.3 is 19.7 Å². The molecule has 0 fully saturated rings. The van der Waals surface area contributed by atoms with E-state index < -0.39 is 0 Å². The molecule has 152 valence electrons. The Morgan fingerprint density at radius 1 is 0.967 bits per heavy atom. The smallest absolute Gasteiger partial charge is 0.321 e. The minimum absolute atomic E-state index is 0.209. The highest BCUT2D eigenvalue weighted by atomic mass is 16.5. The van der Waals surface area contributed by atoms with Gasteiger partial charge in [0.15, 0.2) is 0 Å². The van der Waals surface area contributed by atoms with Crippen molar-refractivity contribution in [3.05, 3.63) is 71.9 Å². The Balaban J connectivity index is 1.48. The molecule has 0 unspecified atom stereocenters. The number of aromatic hydroxyl groups is 1. The molecule has 0 aliphatic carbocycles. The molecule has 0 aliphatic heterocycles. The summed E-state index contributed by atoms with van der Waals surface area (Å²) in [4.78, 5) is 17.4. The van der Waals surface area contributed by atoms with Crippen LogP contribution in [0.5, 0.6) is 11.8 Å². The molecule has 0 atom stereocenters. The molecule has 0 saturated heterocycles. The zero-order chi connectivity index (χ0) is 20.8. The van der Waals surface area contributed by atoms with E-state index in [2.05, 4.69) is 30.4 Å². The predicted octanol–water partition coefficient (Wildman–Crippen LogP) is 3.23. The van der Waals surface area contributed by atoms with E-state index in [4.69, 9.17) is 9.26 Å².